The third-order valence-electron chi connectivity index (χ3n) is 4.96. The first-order chi connectivity index (χ1) is 13.7. The summed E-state index contributed by atoms with van der Waals surface area (Å²) in [6.45, 7) is 1.84. The average molecular weight is 377 g/mol. The Hall–Kier alpha value is -3.06. The molecule has 1 aliphatic rings. The number of hydrogen-bond donors (Lipinski definition) is 0. The van der Waals surface area contributed by atoms with E-state index in [1.54, 1.807) is 24.3 Å². The Morgan fingerprint density at radius 2 is 2.04 bits per heavy atom. The number of aryl methyl sites for hydroxylation is 1. The van der Waals surface area contributed by atoms with Crippen molar-refractivity contribution in [2.45, 2.75) is 25.4 Å². The van der Waals surface area contributed by atoms with E-state index in [4.69, 9.17) is 4.74 Å². The van der Waals surface area contributed by atoms with Crippen LogP contribution in [0.3, 0.4) is 0 Å². The molecular weight excluding hydrogens is 354 g/mol. The molecule has 1 amide bonds. The van der Waals surface area contributed by atoms with E-state index in [1.165, 1.54) is 0 Å². The van der Waals surface area contributed by atoms with Gasteiger partial charge in [-0.15, -0.1) is 5.10 Å². The van der Waals surface area contributed by atoms with Gasteiger partial charge in [-0.25, -0.2) is 4.98 Å². The molecule has 144 valence electrons. The van der Waals surface area contributed by atoms with Crippen LogP contribution in [0.4, 0.5) is 0 Å². The number of hydrogen-bond acceptors (Lipinski definition) is 5. The Kier molecular flexibility index (Phi) is 5.43. The number of pyridine rings is 1. The lowest BCUT2D eigenvalue weighted by molar-refractivity contribution is 0.0260. The van der Waals surface area contributed by atoms with Crippen LogP contribution >= 0.6 is 0 Å². The summed E-state index contributed by atoms with van der Waals surface area (Å²) in [5.41, 5.74) is 3.21. The molecule has 0 radical (unpaired) electrons. The van der Waals surface area contributed by atoms with Crippen molar-refractivity contribution in [1.82, 2.24) is 24.6 Å². The summed E-state index contributed by atoms with van der Waals surface area (Å²) in [6, 6.07) is 12.3. The number of ether oxygens (including phenoxy) is 1. The summed E-state index contributed by atoms with van der Waals surface area (Å²) in [7, 11) is 1.76. The number of nitrogens with zero attached hydrogens (tertiary/aromatic N) is 5. The minimum absolute atomic E-state index is 0.118. The third kappa shape index (κ3) is 4.09. The SMILES string of the molecule is Cn1cnc(C(=O)N(Cc2cccc(-c3cccnc3)c2)C2CCOCC2)n1. The van der Waals surface area contributed by atoms with E-state index in [2.05, 4.69) is 27.2 Å². The van der Waals surface area contributed by atoms with Gasteiger partial charge in [-0.2, -0.15) is 0 Å². The number of amides is 1. The highest BCUT2D eigenvalue weighted by molar-refractivity contribution is 5.90. The summed E-state index contributed by atoms with van der Waals surface area (Å²) in [5, 5.41) is 4.21. The molecule has 1 fully saturated rings. The first-order valence-electron chi connectivity index (χ1n) is 9.44. The Morgan fingerprint density at radius 1 is 1.21 bits per heavy atom. The maximum absolute atomic E-state index is 13.2. The molecule has 1 aromatic carbocycles. The average Bonchev–Trinajstić information content (AvgIpc) is 3.19. The molecule has 0 spiro atoms. The highest BCUT2D eigenvalue weighted by atomic mass is 16.5. The molecule has 2 aromatic heterocycles. The van der Waals surface area contributed by atoms with Gasteiger partial charge in [-0.3, -0.25) is 14.5 Å². The van der Waals surface area contributed by atoms with E-state index in [1.807, 2.05) is 35.4 Å². The molecule has 7 nitrogen and oxygen atoms in total. The van der Waals surface area contributed by atoms with Gasteiger partial charge in [-0.1, -0.05) is 24.3 Å². The molecule has 0 N–H and O–H groups in total. The molecule has 0 atom stereocenters. The molecule has 0 unspecified atom stereocenters. The van der Waals surface area contributed by atoms with Gasteiger partial charge in [0.2, 0.25) is 5.82 Å². The van der Waals surface area contributed by atoms with Crippen molar-refractivity contribution in [1.29, 1.82) is 0 Å². The second-order valence-corrected chi connectivity index (χ2v) is 6.96. The first-order valence-corrected chi connectivity index (χ1v) is 9.44. The monoisotopic (exact) mass is 377 g/mol. The van der Waals surface area contributed by atoms with Crippen LogP contribution in [0.2, 0.25) is 0 Å². The van der Waals surface area contributed by atoms with Crippen LogP contribution < -0.4 is 0 Å². The Balaban J connectivity index is 1.61. The zero-order valence-electron chi connectivity index (χ0n) is 15.9. The molecular formula is C21H23N5O2. The van der Waals surface area contributed by atoms with Gasteiger partial charge >= 0.3 is 0 Å². The quantitative estimate of drug-likeness (QED) is 0.684. The van der Waals surface area contributed by atoms with Crippen LogP contribution in [-0.2, 0) is 18.3 Å². The standard InChI is InChI=1S/C21H23N5O2/c1-25-15-23-20(24-25)21(27)26(19-7-10-28-11-8-19)14-16-4-2-5-17(12-16)18-6-3-9-22-13-18/h2-6,9,12-13,15,19H,7-8,10-11,14H2,1H3. The van der Waals surface area contributed by atoms with E-state index >= 15 is 0 Å². The predicted molar refractivity (Wildman–Crippen MR) is 104 cm³/mol. The first kappa shape index (κ1) is 18.3. The highest BCUT2D eigenvalue weighted by Crippen LogP contribution is 2.23. The summed E-state index contributed by atoms with van der Waals surface area (Å²) in [5.74, 6) is 0.0942. The highest BCUT2D eigenvalue weighted by Gasteiger charge is 2.29. The molecule has 0 aliphatic carbocycles. The van der Waals surface area contributed by atoms with Crippen molar-refractivity contribution >= 4 is 5.91 Å². The van der Waals surface area contributed by atoms with Gasteiger partial charge in [0.15, 0.2) is 0 Å². The van der Waals surface area contributed by atoms with Gasteiger partial charge in [-0.05, 0) is 41.7 Å². The Bertz CT molecular complexity index is 935. The van der Waals surface area contributed by atoms with Gasteiger partial charge in [0.1, 0.15) is 6.33 Å². The van der Waals surface area contributed by atoms with E-state index < -0.39 is 0 Å². The molecule has 4 rings (SSSR count). The lowest BCUT2D eigenvalue weighted by Gasteiger charge is -2.33. The summed E-state index contributed by atoms with van der Waals surface area (Å²) in [6.07, 6.45) is 6.80. The number of carbonyl (C=O) groups is 1. The zero-order valence-corrected chi connectivity index (χ0v) is 15.9. The van der Waals surface area contributed by atoms with Gasteiger partial charge in [0, 0.05) is 45.2 Å². The largest absolute Gasteiger partial charge is 0.381 e. The lowest BCUT2D eigenvalue weighted by Crippen LogP contribution is -2.43. The molecule has 1 saturated heterocycles. The molecule has 7 heteroatoms. The second kappa shape index (κ2) is 8.31. The molecule has 1 aliphatic heterocycles. The van der Waals surface area contributed by atoms with E-state index in [9.17, 15) is 4.79 Å². The van der Waals surface area contributed by atoms with Crippen molar-refractivity contribution in [3.63, 3.8) is 0 Å². The molecule has 28 heavy (non-hydrogen) atoms. The van der Waals surface area contributed by atoms with Crippen molar-refractivity contribution in [3.05, 3.63) is 66.5 Å². The molecule has 0 bridgehead atoms. The molecule has 3 aromatic rings. The second-order valence-electron chi connectivity index (χ2n) is 6.96. The van der Waals surface area contributed by atoms with E-state index in [0.717, 1.165) is 29.5 Å². The van der Waals surface area contributed by atoms with Crippen molar-refractivity contribution in [2.24, 2.45) is 7.05 Å². The number of benzene rings is 1. The molecule has 0 saturated carbocycles. The van der Waals surface area contributed by atoms with Crippen LogP contribution in [0, 0.1) is 0 Å². The van der Waals surface area contributed by atoms with Crippen LogP contribution in [0.25, 0.3) is 11.1 Å². The Labute approximate surface area is 164 Å². The minimum atomic E-state index is -0.140. The number of aromatic nitrogens is 4. The number of carbonyl (C=O) groups excluding carboxylic acids is 1. The van der Waals surface area contributed by atoms with Gasteiger partial charge < -0.3 is 9.64 Å². The summed E-state index contributed by atoms with van der Waals surface area (Å²) >= 11 is 0. The van der Waals surface area contributed by atoms with E-state index in [0.29, 0.717) is 19.8 Å². The van der Waals surface area contributed by atoms with Crippen LogP contribution in [0.15, 0.2) is 55.1 Å². The van der Waals surface area contributed by atoms with Crippen molar-refractivity contribution < 1.29 is 9.53 Å². The van der Waals surface area contributed by atoms with Crippen molar-refractivity contribution in [2.75, 3.05) is 13.2 Å². The van der Waals surface area contributed by atoms with Crippen LogP contribution in [0.5, 0.6) is 0 Å². The minimum Gasteiger partial charge on any atom is -0.381 e. The number of rotatable bonds is 5. The maximum atomic E-state index is 13.2. The summed E-state index contributed by atoms with van der Waals surface area (Å²) < 4.78 is 7.04. The van der Waals surface area contributed by atoms with E-state index in [-0.39, 0.29) is 17.8 Å². The topological polar surface area (TPSA) is 73.1 Å². The smallest absolute Gasteiger partial charge is 0.294 e. The third-order valence-corrected chi connectivity index (χ3v) is 4.96. The predicted octanol–water partition coefficient (Wildman–Crippen LogP) is 2.70. The van der Waals surface area contributed by atoms with Crippen molar-refractivity contribution in [3.8, 4) is 11.1 Å². The van der Waals surface area contributed by atoms with Gasteiger partial charge in [0.05, 0.1) is 0 Å². The maximum Gasteiger partial charge on any atom is 0.294 e. The van der Waals surface area contributed by atoms with Gasteiger partial charge in [0.25, 0.3) is 5.91 Å². The fourth-order valence-corrected chi connectivity index (χ4v) is 3.51. The normalized spacial score (nSPS) is 14.8. The zero-order chi connectivity index (χ0) is 19.3. The lowest BCUT2D eigenvalue weighted by atomic mass is 10.0. The van der Waals surface area contributed by atoms with Crippen LogP contribution in [0.1, 0.15) is 29.0 Å². The van der Waals surface area contributed by atoms with Crippen LogP contribution in [-0.4, -0.2) is 49.8 Å². The Morgan fingerprint density at radius 3 is 2.75 bits per heavy atom. The molecule has 3 heterocycles. The fourth-order valence-electron chi connectivity index (χ4n) is 3.51. The summed E-state index contributed by atoms with van der Waals surface area (Å²) in [4.78, 5) is 23.4. The fraction of sp³-hybridized carbons (Fsp3) is 0.333.